The van der Waals surface area contributed by atoms with Crippen LogP contribution in [0.4, 0.5) is 5.69 Å². The Morgan fingerprint density at radius 2 is 2.33 bits per heavy atom. The maximum atomic E-state index is 10.6. The normalized spacial score (nSPS) is 11.4. The molecule has 0 fully saturated rings. The molecule has 98 valence electrons. The lowest BCUT2D eigenvalue weighted by atomic mass is 10.3. The van der Waals surface area contributed by atoms with Crippen LogP contribution in [0.15, 0.2) is 23.3 Å². The van der Waals surface area contributed by atoms with Gasteiger partial charge in [0.15, 0.2) is 5.84 Å². The van der Waals surface area contributed by atoms with Gasteiger partial charge in [-0.05, 0) is 18.6 Å². The summed E-state index contributed by atoms with van der Waals surface area (Å²) in [5, 5.41) is 11.0. The SMILES string of the molecule is CCCN=C(C[N+](=O)[O-])N(C)c1ccc(Cl)nc1. The van der Waals surface area contributed by atoms with E-state index in [4.69, 9.17) is 11.6 Å². The van der Waals surface area contributed by atoms with Crippen molar-refractivity contribution in [3.63, 3.8) is 0 Å². The van der Waals surface area contributed by atoms with Crippen molar-refractivity contribution in [3.8, 4) is 0 Å². The van der Waals surface area contributed by atoms with Crippen LogP contribution in [-0.2, 0) is 0 Å². The second kappa shape index (κ2) is 6.90. The Labute approximate surface area is 110 Å². The Bertz CT molecular complexity index is 433. The minimum Gasteiger partial charge on any atom is -0.326 e. The molecule has 0 N–H and O–H groups in total. The van der Waals surface area contributed by atoms with Crippen molar-refractivity contribution in [1.29, 1.82) is 0 Å². The zero-order valence-corrected chi connectivity index (χ0v) is 11.1. The van der Waals surface area contributed by atoms with Crippen LogP contribution in [0.2, 0.25) is 5.15 Å². The Balaban J connectivity index is 2.90. The maximum Gasteiger partial charge on any atom is 0.260 e. The molecule has 0 aromatic carbocycles. The highest BCUT2D eigenvalue weighted by atomic mass is 35.5. The highest BCUT2D eigenvalue weighted by Gasteiger charge is 2.14. The molecule has 1 aromatic heterocycles. The van der Waals surface area contributed by atoms with Gasteiger partial charge in [0, 0.05) is 18.5 Å². The van der Waals surface area contributed by atoms with Crippen LogP contribution in [-0.4, -0.2) is 35.9 Å². The van der Waals surface area contributed by atoms with Crippen LogP contribution in [0.1, 0.15) is 13.3 Å². The summed E-state index contributed by atoms with van der Waals surface area (Å²) in [4.78, 5) is 20.0. The minimum absolute atomic E-state index is 0.306. The molecule has 0 amide bonds. The number of anilines is 1. The molecule has 1 aromatic rings. The summed E-state index contributed by atoms with van der Waals surface area (Å²) in [5.74, 6) is 0.408. The zero-order chi connectivity index (χ0) is 13.5. The second-order valence-electron chi connectivity index (χ2n) is 3.69. The van der Waals surface area contributed by atoms with Gasteiger partial charge in [-0.25, -0.2) is 4.98 Å². The van der Waals surface area contributed by atoms with Crippen LogP contribution >= 0.6 is 11.6 Å². The Morgan fingerprint density at radius 3 is 2.83 bits per heavy atom. The molecule has 1 heterocycles. The minimum atomic E-state index is -0.395. The van der Waals surface area contributed by atoms with Crippen molar-refractivity contribution in [3.05, 3.63) is 33.6 Å². The van der Waals surface area contributed by atoms with E-state index in [1.54, 1.807) is 30.3 Å². The molecule has 0 saturated heterocycles. The molecule has 0 spiro atoms. The molecule has 0 aliphatic heterocycles. The number of aromatic nitrogens is 1. The fourth-order valence-electron chi connectivity index (χ4n) is 1.33. The number of nitro groups is 1. The second-order valence-corrected chi connectivity index (χ2v) is 4.07. The summed E-state index contributed by atoms with van der Waals surface area (Å²) in [5.41, 5.74) is 0.719. The van der Waals surface area contributed by atoms with Crippen LogP contribution in [0.25, 0.3) is 0 Å². The number of nitrogens with zero attached hydrogens (tertiary/aromatic N) is 4. The van der Waals surface area contributed by atoms with Crippen molar-refractivity contribution in [1.82, 2.24) is 4.98 Å². The molecule has 1 rings (SSSR count). The Kier molecular flexibility index (Phi) is 5.51. The van der Waals surface area contributed by atoms with Gasteiger partial charge in [0.05, 0.1) is 11.9 Å². The monoisotopic (exact) mass is 270 g/mol. The number of rotatable bonds is 5. The topological polar surface area (TPSA) is 71.6 Å². The molecule has 0 atom stereocenters. The summed E-state index contributed by atoms with van der Waals surface area (Å²) in [6.45, 7) is 2.23. The molecule has 18 heavy (non-hydrogen) atoms. The van der Waals surface area contributed by atoms with Crippen LogP contribution in [0.3, 0.4) is 0 Å². The molecular weight excluding hydrogens is 256 g/mol. The number of amidine groups is 1. The van der Waals surface area contributed by atoms with Gasteiger partial charge in [-0.15, -0.1) is 0 Å². The molecule has 0 unspecified atom stereocenters. The van der Waals surface area contributed by atoms with Gasteiger partial charge < -0.3 is 4.90 Å². The Morgan fingerprint density at radius 1 is 1.61 bits per heavy atom. The van der Waals surface area contributed by atoms with Crippen molar-refractivity contribution >= 4 is 23.1 Å². The summed E-state index contributed by atoms with van der Waals surface area (Å²) in [6, 6.07) is 3.38. The van der Waals surface area contributed by atoms with Crippen LogP contribution < -0.4 is 4.90 Å². The highest BCUT2D eigenvalue weighted by Crippen LogP contribution is 2.14. The van der Waals surface area contributed by atoms with Gasteiger partial charge in [0.2, 0.25) is 0 Å². The van der Waals surface area contributed by atoms with E-state index in [0.29, 0.717) is 17.5 Å². The third-order valence-electron chi connectivity index (χ3n) is 2.27. The predicted octanol–water partition coefficient (Wildman–Crippen LogP) is 2.26. The van der Waals surface area contributed by atoms with Gasteiger partial charge in [-0.1, -0.05) is 18.5 Å². The standard InChI is InChI=1S/C11H15ClN4O2/c1-3-6-13-11(8-16(17)18)15(2)9-4-5-10(12)14-7-9/h4-5,7H,3,6,8H2,1-2H3. The van der Waals surface area contributed by atoms with E-state index >= 15 is 0 Å². The van der Waals surface area contributed by atoms with Gasteiger partial charge in [0.1, 0.15) is 5.15 Å². The fraction of sp³-hybridized carbons (Fsp3) is 0.455. The van der Waals surface area contributed by atoms with Gasteiger partial charge in [0.25, 0.3) is 6.54 Å². The highest BCUT2D eigenvalue weighted by molar-refractivity contribution is 6.29. The maximum absolute atomic E-state index is 10.6. The van der Waals surface area contributed by atoms with Gasteiger partial charge in [-0.2, -0.15) is 0 Å². The zero-order valence-electron chi connectivity index (χ0n) is 10.3. The van der Waals surface area contributed by atoms with E-state index in [9.17, 15) is 10.1 Å². The first kappa shape index (κ1) is 14.4. The lowest BCUT2D eigenvalue weighted by molar-refractivity contribution is -0.463. The van der Waals surface area contributed by atoms with Crippen molar-refractivity contribution < 1.29 is 4.92 Å². The smallest absolute Gasteiger partial charge is 0.260 e. The molecule has 0 radical (unpaired) electrons. The molecule has 6 nitrogen and oxygen atoms in total. The van der Waals surface area contributed by atoms with E-state index in [1.807, 2.05) is 6.92 Å². The van der Waals surface area contributed by atoms with Gasteiger partial charge in [-0.3, -0.25) is 15.1 Å². The lowest BCUT2D eigenvalue weighted by Gasteiger charge is -2.18. The fourth-order valence-corrected chi connectivity index (χ4v) is 1.45. The van der Waals surface area contributed by atoms with E-state index in [0.717, 1.165) is 12.1 Å². The van der Waals surface area contributed by atoms with Crippen LogP contribution in [0.5, 0.6) is 0 Å². The summed E-state index contributed by atoms with van der Waals surface area (Å²) in [7, 11) is 1.73. The molecule has 0 aliphatic rings. The van der Waals surface area contributed by atoms with E-state index in [1.165, 1.54) is 0 Å². The lowest BCUT2D eigenvalue weighted by Crippen LogP contribution is -2.32. The third-order valence-corrected chi connectivity index (χ3v) is 2.50. The van der Waals surface area contributed by atoms with Crippen molar-refractivity contribution in [2.45, 2.75) is 13.3 Å². The molecule has 7 heteroatoms. The van der Waals surface area contributed by atoms with E-state index in [2.05, 4.69) is 9.98 Å². The average Bonchev–Trinajstić information content (AvgIpc) is 2.34. The summed E-state index contributed by atoms with van der Waals surface area (Å²) in [6.07, 6.45) is 2.40. The summed E-state index contributed by atoms with van der Waals surface area (Å²) >= 11 is 5.70. The summed E-state index contributed by atoms with van der Waals surface area (Å²) < 4.78 is 0. The molecule has 0 saturated carbocycles. The number of halogens is 1. The van der Waals surface area contributed by atoms with E-state index in [-0.39, 0.29) is 6.54 Å². The quantitative estimate of drug-likeness (QED) is 0.270. The first-order valence-electron chi connectivity index (χ1n) is 5.55. The third kappa shape index (κ3) is 4.29. The first-order valence-corrected chi connectivity index (χ1v) is 5.92. The molecule has 0 bridgehead atoms. The van der Waals surface area contributed by atoms with Crippen molar-refractivity contribution in [2.24, 2.45) is 4.99 Å². The largest absolute Gasteiger partial charge is 0.326 e. The average molecular weight is 271 g/mol. The number of likely N-dealkylation sites (N-methyl/N-ethyl adjacent to an activating group) is 1. The number of pyridine rings is 1. The molecule has 0 aliphatic carbocycles. The predicted molar refractivity (Wildman–Crippen MR) is 72.1 cm³/mol. The molecular formula is C11H15ClN4O2. The number of hydrogen-bond acceptors (Lipinski definition) is 4. The number of hydrogen-bond donors (Lipinski definition) is 0. The van der Waals surface area contributed by atoms with Gasteiger partial charge >= 0.3 is 0 Å². The first-order chi connectivity index (χ1) is 8.54. The van der Waals surface area contributed by atoms with Crippen molar-refractivity contribution in [2.75, 3.05) is 25.0 Å². The van der Waals surface area contributed by atoms with Crippen LogP contribution in [0, 0.1) is 10.1 Å². The Hall–Kier alpha value is -1.69. The van der Waals surface area contributed by atoms with E-state index < -0.39 is 4.92 Å². The number of aliphatic imine (C=N–C) groups is 1.